The normalized spacial score (nSPS) is 12.6. The molecule has 1 aliphatic rings. The number of fused-ring (bicyclic) bond motifs is 1. The van der Waals surface area contributed by atoms with Gasteiger partial charge in [0, 0.05) is 11.3 Å². The molecule has 0 aliphatic carbocycles. The summed E-state index contributed by atoms with van der Waals surface area (Å²) in [6.07, 6.45) is 0. The number of hydrazine groups is 1. The minimum absolute atomic E-state index is 0.261. The smallest absolute Gasteiger partial charge is 0.237 e. The number of benzene rings is 1. The molecule has 18 heavy (non-hydrogen) atoms. The maximum Gasteiger partial charge on any atom is 0.237 e. The molecule has 0 atom stereocenters. The lowest BCUT2D eigenvalue weighted by Gasteiger charge is -2.06. The Morgan fingerprint density at radius 1 is 1.17 bits per heavy atom. The molecule has 0 bridgehead atoms. The average molecular weight is 244 g/mol. The molecule has 0 fully saturated rings. The van der Waals surface area contributed by atoms with Gasteiger partial charge in [-0.2, -0.15) is 0 Å². The second-order valence-electron chi connectivity index (χ2n) is 3.93. The Morgan fingerprint density at radius 2 is 2.00 bits per heavy atom. The van der Waals surface area contributed by atoms with Gasteiger partial charge in [-0.1, -0.05) is 0 Å². The first kappa shape index (κ1) is 10.8. The molecule has 0 unspecified atom stereocenters. The standard InChI is InChI=1S/C12H12N4O2/c1-7-4-9(15-12(14-7)16-13)8-2-3-10-11(5-8)18-6-17-10/h2-5H,6,13H2,1H3,(H,14,15,16). The van der Waals surface area contributed by atoms with Gasteiger partial charge in [-0.15, -0.1) is 0 Å². The van der Waals surface area contributed by atoms with E-state index in [1.54, 1.807) is 0 Å². The van der Waals surface area contributed by atoms with Gasteiger partial charge in [0.1, 0.15) is 0 Å². The van der Waals surface area contributed by atoms with E-state index in [9.17, 15) is 0 Å². The second kappa shape index (κ2) is 4.15. The molecule has 1 aromatic heterocycles. The highest BCUT2D eigenvalue weighted by Crippen LogP contribution is 2.35. The number of anilines is 1. The van der Waals surface area contributed by atoms with Crippen LogP contribution in [0.2, 0.25) is 0 Å². The molecule has 1 aliphatic heterocycles. The highest BCUT2D eigenvalue weighted by Gasteiger charge is 2.14. The first-order chi connectivity index (χ1) is 8.76. The van der Waals surface area contributed by atoms with E-state index in [4.69, 9.17) is 15.3 Å². The van der Waals surface area contributed by atoms with Crippen LogP contribution in [-0.2, 0) is 0 Å². The maximum atomic E-state index is 5.34. The molecule has 6 heteroatoms. The Hall–Kier alpha value is -2.34. The van der Waals surface area contributed by atoms with E-state index < -0.39 is 0 Å². The van der Waals surface area contributed by atoms with E-state index in [0.717, 1.165) is 28.5 Å². The lowest BCUT2D eigenvalue weighted by Crippen LogP contribution is -2.11. The van der Waals surface area contributed by atoms with Crippen molar-refractivity contribution in [2.45, 2.75) is 6.92 Å². The molecule has 3 rings (SSSR count). The molecule has 0 spiro atoms. The van der Waals surface area contributed by atoms with Crippen molar-refractivity contribution in [1.82, 2.24) is 9.97 Å². The van der Waals surface area contributed by atoms with Gasteiger partial charge in [-0.25, -0.2) is 15.8 Å². The molecule has 0 saturated carbocycles. The molecule has 2 aromatic rings. The lowest BCUT2D eigenvalue weighted by atomic mass is 10.1. The Morgan fingerprint density at radius 3 is 2.83 bits per heavy atom. The van der Waals surface area contributed by atoms with Gasteiger partial charge in [-0.3, -0.25) is 5.43 Å². The van der Waals surface area contributed by atoms with Crippen molar-refractivity contribution < 1.29 is 9.47 Å². The summed E-state index contributed by atoms with van der Waals surface area (Å²) in [7, 11) is 0. The van der Waals surface area contributed by atoms with Gasteiger partial charge in [0.05, 0.1) is 5.69 Å². The van der Waals surface area contributed by atoms with Crippen molar-refractivity contribution in [2.24, 2.45) is 5.84 Å². The number of nitrogens with zero attached hydrogens (tertiary/aromatic N) is 2. The topological polar surface area (TPSA) is 82.3 Å². The van der Waals surface area contributed by atoms with Crippen LogP contribution in [0.4, 0.5) is 5.95 Å². The summed E-state index contributed by atoms with van der Waals surface area (Å²) in [5, 5.41) is 0. The van der Waals surface area contributed by atoms with Crippen LogP contribution < -0.4 is 20.7 Å². The largest absolute Gasteiger partial charge is 0.454 e. The highest BCUT2D eigenvalue weighted by molar-refractivity contribution is 5.65. The molecule has 3 N–H and O–H groups in total. The number of nitrogen functional groups attached to an aromatic ring is 1. The van der Waals surface area contributed by atoms with Gasteiger partial charge >= 0.3 is 0 Å². The van der Waals surface area contributed by atoms with Gasteiger partial charge in [0.15, 0.2) is 11.5 Å². The number of ether oxygens (including phenoxy) is 2. The SMILES string of the molecule is Cc1cc(-c2ccc3c(c2)OCO3)nc(NN)n1. The summed E-state index contributed by atoms with van der Waals surface area (Å²) in [5.41, 5.74) is 5.01. The molecule has 2 heterocycles. The first-order valence-electron chi connectivity index (χ1n) is 5.48. The third kappa shape index (κ3) is 1.82. The highest BCUT2D eigenvalue weighted by atomic mass is 16.7. The number of hydrogen-bond acceptors (Lipinski definition) is 6. The zero-order valence-electron chi connectivity index (χ0n) is 9.80. The fourth-order valence-electron chi connectivity index (χ4n) is 1.84. The van der Waals surface area contributed by atoms with Crippen LogP contribution in [0, 0.1) is 6.92 Å². The van der Waals surface area contributed by atoms with Crippen molar-refractivity contribution in [3.63, 3.8) is 0 Å². The fraction of sp³-hybridized carbons (Fsp3) is 0.167. The summed E-state index contributed by atoms with van der Waals surface area (Å²) in [6, 6.07) is 7.57. The Kier molecular flexibility index (Phi) is 2.49. The van der Waals surface area contributed by atoms with Gasteiger partial charge in [0.2, 0.25) is 12.7 Å². The number of aryl methyl sites for hydroxylation is 1. The third-order valence-electron chi connectivity index (χ3n) is 2.65. The van der Waals surface area contributed by atoms with Crippen molar-refractivity contribution in [2.75, 3.05) is 12.2 Å². The van der Waals surface area contributed by atoms with Crippen molar-refractivity contribution in [3.8, 4) is 22.8 Å². The molecular formula is C12H12N4O2. The van der Waals surface area contributed by atoms with Crippen LogP contribution in [0.1, 0.15) is 5.69 Å². The Balaban J connectivity index is 2.06. The van der Waals surface area contributed by atoms with E-state index in [1.807, 2.05) is 31.2 Å². The zero-order valence-corrected chi connectivity index (χ0v) is 9.80. The van der Waals surface area contributed by atoms with Crippen molar-refractivity contribution in [1.29, 1.82) is 0 Å². The van der Waals surface area contributed by atoms with E-state index in [2.05, 4.69) is 15.4 Å². The molecule has 0 amide bonds. The van der Waals surface area contributed by atoms with E-state index in [1.165, 1.54) is 0 Å². The molecular weight excluding hydrogens is 232 g/mol. The van der Waals surface area contributed by atoms with Crippen molar-refractivity contribution >= 4 is 5.95 Å². The lowest BCUT2D eigenvalue weighted by molar-refractivity contribution is 0.174. The minimum atomic E-state index is 0.261. The van der Waals surface area contributed by atoms with E-state index in [0.29, 0.717) is 5.95 Å². The summed E-state index contributed by atoms with van der Waals surface area (Å²) in [6.45, 7) is 2.15. The monoisotopic (exact) mass is 244 g/mol. The van der Waals surface area contributed by atoms with Crippen LogP contribution in [0.5, 0.6) is 11.5 Å². The van der Waals surface area contributed by atoms with Crippen LogP contribution in [0.25, 0.3) is 11.3 Å². The molecule has 0 radical (unpaired) electrons. The third-order valence-corrected chi connectivity index (χ3v) is 2.65. The number of nitrogens with one attached hydrogen (secondary N) is 1. The first-order valence-corrected chi connectivity index (χ1v) is 5.48. The van der Waals surface area contributed by atoms with Crippen molar-refractivity contribution in [3.05, 3.63) is 30.0 Å². The zero-order chi connectivity index (χ0) is 12.5. The summed E-state index contributed by atoms with van der Waals surface area (Å²) in [4.78, 5) is 8.45. The van der Waals surface area contributed by atoms with Crippen LogP contribution in [0.3, 0.4) is 0 Å². The van der Waals surface area contributed by atoms with Crippen LogP contribution in [0.15, 0.2) is 24.3 Å². The molecule has 0 saturated heterocycles. The van der Waals surface area contributed by atoms with Crippen LogP contribution in [-0.4, -0.2) is 16.8 Å². The molecule has 92 valence electrons. The Bertz CT molecular complexity index is 601. The number of aromatic nitrogens is 2. The van der Waals surface area contributed by atoms with E-state index >= 15 is 0 Å². The fourth-order valence-corrected chi connectivity index (χ4v) is 1.84. The predicted octanol–water partition coefficient (Wildman–Crippen LogP) is 1.47. The number of hydrogen-bond donors (Lipinski definition) is 2. The van der Waals surface area contributed by atoms with Gasteiger partial charge in [-0.05, 0) is 31.2 Å². The van der Waals surface area contributed by atoms with Gasteiger partial charge < -0.3 is 9.47 Å². The average Bonchev–Trinajstić information content (AvgIpc) is 2.85. The second-order valence-corrected chi connectivity index (χ2v) is 3.93. The molecule has 1 aromatic carbocycles. The number of rotatable bonds is 2. The van der Waals surface area contributed by atoms with Crippen LogP contribution >= 0.6 is 0 Å². The summed E-state index contributed by atoms with van der Waals surface area (Å²) < 4.78 is 10.6. The van der Waals surface area contributed by atoms with E-state index in [-0.39, 0.29) is 6.79 Å². The van der Waals surface area contributed by atoms with Gasteiger partial charge in [0.25, 0.3) is 0 Å². The predicted molar refractivity (Wildman–Crippen MR) is 66.1 cm³/mol. The quantitative estimate of drug-likeness (QED) is 0.615. The maximum absolute atomic E-state index is 5.34. The minimum Gasteiger partial charge on any atom is -0.454 e. The summed E-state index contributed by atoms with van der Waals surface area (Å²) >= 11 is 0. The molecule has 6 nitrogen and oxygen atoms in total. The summed E-state index contributed by atoms with van der Waals surface area (Å²) in [5.74, 6) is 7.21. The Labute approximate surface area is 104 Å². The number of nitrogens with two attached hydrogens (primary N) is 1.